The fourth-order valence-corrected chi connectivity index (χ4v) is 3.65. The van der Waals surface area contributed by atoms with Crippen molar-refractivity contribution in [1.29, 1.82) is 5.26 Å². The molecule has 0 radical (unpaired) electrons. The summed E-state index contributed by atoms with van der Waals surface area (Å²) < 4.78 is 14.9. The van der Waals surface area contributed by atoms with Crippen LogP contribution < -0.4 is 5.31 Å². The minimum absolute atomic E-state index is 0.0705. The molecule has 0 unspecified atom stereocenters. The third kappa shape index (κ3) is 4.94. The molecule has 1 aliphatic rings. The van der Waals surface area contributed by atoms with Gasteiger partial charge in [-0.05, 0) is 24.3 Å². The number of hydrogen-bond acceptors (Lipinski definition) is 9. The summed E-state index contributed by atoms with van der Waals surface area (Å²) in [6.45, 7) is 2.07. The second kappa shape index (κ2) is 10.1. The molecule has 1 aromatic heterocycles. The van der Waals surface area contributed by atoms with Gasteiger partial charge in [0.05, 0.1) is 29.8 Å². The summed E-state index contributed by atoms with van der Waals surface area (Å²) in [5, 5.41) is 63.8. The molecule has 0 bridgehead atoms. The normalized spacial score (nSPS) is 21.9. The number of nitrogens with zero attached hydrogens (tertiary/aromatic N) is 3. The van der Waals surface area contributed by atoms with Gasteiger partial charge in [0.15, 0.2) is 1.41 Å². The van der Waals surface area contributed by atoms with Crippen LogP contribution in [0.5, 0.6) is 0 Å². The van der Waals surface area contributed by atoms with Crippen LogP contribution in [-0.4, -0.2) is 84.1 Å². The highest BCUT2D eigenvalue weighted by atomic mass is 16.5. The average molecular weight is 489 g/mol. The molecule has 6 N–H and O–H groups in total. The second-order valence-corrected chi connectivity index (χ2v) is 8.20. The van der Waals surface area contributed by atoms with Gasteiger partial charge in [-0.15, -0.1) is 0 Å². The predicted octanol–water partition coefficient (Wildman–Crippen LogP) is -0.631. The maximum atomic E-state index is 12.8. The van der Waals surface area contributed by atoms with Gasteiger partial charge in [0.1, 0.15) is 30.1 Å². The lowest BCUT2D eigenvalue weighted by atomic mass is 9.91. The van der Waals surface area contributed by atoms with Gasteiger partial charge in [-0.3, -0.25) is 4.79 Å². The maximum absolute atomic E-state index is 12.8. The first-order chi connectivity index (χ1) is 16.9. The molecule has 13 heteroatoms. The van der Waals surface area contributed by atoms with Crippen molar-refractivity contribution in [3.8, 4) is 6.07 Å². The molecule has 5 atom stereocenters. The number of aliphatic hydroxyl groups excluding tert-OH is 3. The van der Waals surface area contributed by atoms with Crippen molar-refractivity contribution in [3.05, 3.63) is 41.3 Å². The number of hydrogen-bond donors (Lipinski definition) is 6. The van der Waals surface area contributed by atoms with E-state index in [1.807, 2.05) is 6.07 Å². The number of carbonyl (C=O) groups is 3. The number of fused-ring (bicyclic) bond motifs is 1. The van der Waals surface area contributed by atoms with Crippen molar-refractivity contribution in [2.24, 2.45) is 5.92 Å². The maximum Gasteiger partial charge on any atom is 0.370 e. The van der Waals surface area contributed by atoms with E-state index in [4.69, 9.17) is 6.15 Å². The molecule has 13 nitrogen and oxygen atoms in total. The average Bonchev–Trinajstić information content (AvgIpc) is 3.23. The zero-order chi connectivity index (χ0) is 26.9. The number of aromatic nitrogens is 2. The molecule has 2 aromatic rings. The van der Waals surface area contributed by atoms with Gasteiger partial charge >= 0.3 is 11.9 Å². The van der Waals surface area contributed by atoms with Crippen LogP contribution >= 0.6 is 0 Å². The Morgan fingerprint density at radius 1 is 1.29 bits per heavy atom. The summed E-state index contributed by atoms with van der Waals surface area (Å²) in [4.78, 5) is 36.0. The Labute approximate surface area is 199 Å². The Hall–Kier alpha value is -3.99. The largest absolute Gasteiger partial charge is 0.478 e. The van der Waals surface area contributed by atoms with Crippen LogP contribution in [0.4, 0.5) is 0 Å². The van der Waals surface area contributed by atoms with Crippen molar-refractivity contribution in [1.82, 2.24) is 15.1 Å². The Morgan fingerprint density at radius 2 is 1.97 bits per heavy atom. The van der Waals surface area contributed by atoms with Crippen molar-refractivity contribution in [2.75, 3.05) is 6.61 Å². The number of carbonyl (C=O) groups excluding carboxylic acids is 1. The fraction of sp³-hybridized carbons (Fsp3) is 0.409. The van der Waals surface area contributed by atoms with E-state index in [1.54, 1.807) is 0 Å². The van der Waals surface area contributed by atoms with Crippen LogP contribution in [0.15, 0.2) is 30.0 Å². The standard InChI is InChI=1S/C22H24N4O9/c1-9(2)20(30)24-17-13(6-16(22(33)34)35-19(17)18(29)15(28)8-27)26-14(7-23)11-4-3-10(21(31)32)5-12(11)25-26/h3-6,9,13,15,17-19,27-29H,8H2,1-2H3,(H,24,30)(H,31,32)(H,33,34)/t13-,15+,17+,18+,19+/m0/s1/i/hD. The monoisotopic (exact) mass is 489 g/mol. The van der Waals surface area contributed by atoms with Gasteiger partial charge < -0.3 is 35.6 Å². The van der Waals surface area contributed by atoms with Crippen LogP contribution in [0.25, 0.3) is 10.9 Å². The molecule has 0 aliphatic carbocycles. The summed E-state index contributed by atoms with van der Waals surface area (Å²) in [7, 11) is 0. The molecule has 186 valence electrons. The zero-order valence-electron chi connectivity index (χ0n) is 19.6. The van der Waals surface area contributed by atoms with E-state index < -0.39 is 66.5 Å². The molecular formula is C22H24N4O9. The molecule has 0 saturated carbocycles. The number of benzene rings is 1. The fourth-order valence-electron chi connectivity index (χ4n) is 3.65. The van der Waals surface area contributed by atoms with Crippen molar-refractivity contribution >= 4 is 28.7 Å². The molecule has 0 spiro atoms. The first kappa shape index (κ1) is 24.1. The number of nitriles is 1. The molecule has 1 aromatic carbocycles. The first-order valence-electron chi connectivity index (χ1n) is 10.9. The highest BCUT2D eigenvalue weighted by molar-refractivity contribution is 5.94. The summed E-state index contributed by atoms with van der Waals surface area (Å²) in [6.07, 6.45) is -4.50. The minimum Gasteiger partial charge on any atom is -0.478 e. The smallest absolute Gasteiger partial charge is 0.370 e. The Balaban J connectivity index is 2.30. The molecule has 1 aliphatic heterocycles. The topological polar surface area (TPSA) is 215 Å². The van der Waals surface area contributed by atoms with E-state index >= 15 is 0 Å². The van der Waals surface area contributed by atoms with Gasteiger partial charge in [0, 0.05) is 11.3 Å². The number of aliphatic hydroxyl groups is 3. The van der Waals surface area contributed by atoms with Gasteiger partial charge in [0.2, 0.25) is 11.7 Å². The van der Waals surface area contributed by atoms with Crippen LogP contribution in [0, 0.1) is 17.2 Å². The van der Waals surface area contributed by atoms with E-state index in [-0.39, 0.29) is 22.2 Å². The van der Waals surface area contributed by atoms with Gasteiger partial charge in [-0.25, -0.2) is 14.3 Å². The van der Waals surface area contributed by atoms with Gasteiger partial charge in [0.25, 0.3) is 0 Å². The SMILES string of the molecule is [2H]N(C(=O)C(C)C)[C@H]1[C@H]([C@H](O)[C@H](O)CO)OC(C(=O)O)=C[C@@H]1n1nc2cc(C(=O)O)ccc2c1C#N. The van der Waals surface area contributed by atoms with Crippen LogP contribution in [0.1, 0.15) is 35.9 Å². The molecule has 35 heavy (non-hydrogen) atoms. The number of ether oxygens (including phenoxy) is 1. The molecule has 2 heterocycles. The summed E-state index contributed by atoms with van der Waals surface area (Å²) in [5.74, 6) is -5.00. The lowest BCUT2D eigenvalue weighted by molar-refractivity contribution is -0.147. The van der Waals surface area contributed by atoms with Crippen LogP contribution in [0.3, 0.4) is 0 Å². The number of rotatable bonds is 8. The molecule has 0 saturated heterocycles. The Bertz CT molecular complexity index is 1270. The van der Waals surface area contributed by atoms with Gasteiger partial charge in [-0.2, -0.15) is 10.4 Å². The zero-order valence-corrected chi connectivity index (χ0v) is 18.6. The Kier molecular flexibility index (Phi) is 6.97. The minimum atomic E-state index is -1.95. The van der Waals surface area contributed by atoms with E-state index in [1.165, 1.54) is 32.0 Å². The van der Waals surface area contributed by atoms with E-state index in [0.29, 0.717) is 5.31 Å². The van der Waals surface area contributed by atoms with E-state index in [9.17, 15) is 45.2 Å². The summed E-state index contributed by atoms with van der Waals surface area (Å²) in [6, 6.07) is 2.80. The summed E-state index contributed by atoms with van der Waals surface area (Å²) >= 11 is 0. The predicted molar refractivity (Wildman–Crippen MR) is 117 cm³/mol. The highest BCUT2D eigenvalue weighted by Gasteiger charge is 2.45. The lowest BCUT2D eigenvalue weighted by Crippen LogP contribution is -2.59. The van der Waals surface area contributed by atoms with E-state index in [0.717, 1.165) is 10.8 Å². The number of aromatic carboxylic acids is 1. The molecule has 3 rings (SSSR count). The van der Waals surface area contributed by atoms with Crippen LogP contribution in [0.2, 0.25) is 1.41 Å². The number of carboxylic acids is 2. The van der Waals surface area contributed by atoms with E-state index in [2.05, 4.69) is 5.10 Å². The molecule has 1 amide bonds. The van der Waals surface area contributed by atoms with Crippen LogP contribution in [-0.2, 0) is 14.3 Å². The number of aliphatic carboxylic acids is 1. The molecule has 0 fully saturated rings. The third-order valence-electron chi connectivity index (χ3n) is 5.50. The second-order valence-electron chi connectivity index (χ2n) is 8.20. The van der Waals surface area contributed by atoms with Crippen molar-refractivity contribution in [2.45, 2.75) is 44.2 Å². The summed E-state index contributed by atoms with van der Waals surface area (Å²) in [5.41, 5.74) is -0.194. The highest BCUT2D eigenvalue weighted by Crippen LogP contribution is 2.33. The lowest BCUT2D eigenvalue weighted by Gasteiger charge is -2.40. The first-order valence-corrected chi connectivity index (χ1v) is 10.5. The van der Waals surface area contributed by atoms with Crippen molar-refractivity contribution in [3.63, 3.8) is 0 Å². The number of carboxylic acid groups (broad SMARTS) is 2. The molecular weight excluding hydrogens is 464 g/mol. The van der Waals surface area contributed by atoms with Gasteiger partial charge in [-0.1, -0.05) is 13.8 Å². The van der Waals surface area contributed by atoms with Crippen molar-refractivity contribution < 1.29 is 46.1 Å². The third-order valence-corrected chi connectivity index (χ3v) is 5.50. The number of nitrogens with one attached hydrogen (secondary N) is 1. The Morgan fingerprint density at radius 3 is 2.51 bits per heavy atom. The number of amides is 1. The quantitative estimate of drug-likeness (QED) is 0.274.